The summed E-state index contributed by atoms with van der Waals surface area (Å²) >= 11 is 0. The van der Waals surface area contributed by atoms with Crippen molar-refractivity contribution in [2.75, 3.05) is 0 Å². The van der Waals surface area contributed by atoms with Crippen LogP contribution >= 0.6 is 0 Å². The minimum atomic E-state index is 0.458. The van der Waals surface area contributed by atoms with Crippen molar-refractivity contribution in [3.05, 3.63) is 47.4 Å². The Bertz CT molecular complexity index is 892. The SMILES string of the molecule is Cc1cc2ncc3c(n2n1)C[C@@H]1CC[C@@H]3N1Cc1cncn1C. The van der Waals surface area contributed by atoms with Crippen LogP contribution in [0.1, 0.15) is 41.5 Å². The zero-order chi connectivity index (χ0) is 15.6. The topological polar surface area (TPSA) is 51.2 Å². The number of hydrogen-bond acceptors (Lipinski definition) is 4. The van der Waals surface area contributed by atoms with Crippen molar-refractivity contribution in [1.82, 2.24) is 29.0 Å². The Hall–Kier alpha value is -2.21. The van der Waals surface area contributed by atoms with Crippen LogP contribution in [0.5, 0.6) is 0 Å². The molecule has 2 atom stereocenters. The number of rotatable bonds is 2. The second kappa shape index (κ2) is 4.64. The van der Waals surface area contributed by atoms with Crippen LogP contribution in [-0.4, -0.2) is 35.1 Å². The van der Waals surface area contributed by atoms with Crippen LogP contribution in [0.25, 0.3) is 5.65 Å². The monoisotopic (exact) mass is 308 g/mol. The smallest absolute Gasteiger partial charge is 0.155 e. The lowest BCUT2D eigenvalue weighted by Gasteiger charge is -2.36. The van der Waals surface area contributed by atoms with Gasteiger partial charge in [-0.15, -0.1) is 0 Å². The summed E-state index contributed by atoms with van der Waals surface area (Å²) < 4.78 is 4.19. The van der Waals surface area contributed by atoms with E-state index in [2.05, 4.69) is 48.4 Å². The molecule has 0 aromatic carbocycles. The Morgan fingerprint density at radius 3 is 3.00 bits per heavy atom. The van der Waals surface area contributed by atoms with Crippen LogP contribution in [0.4, 0.5) is 0 Å². The molecule has 6 nitrogen and oxygen atoms in total. The Kier molecular flexibility index (Phi) is 2.68. The van der Waals surface area contributed by atoms with E-state index in [1.165, 1.54) is 29.8 Å². The van der Waals surface area contributed by atoms with Gasteiger partial charge in [-0.05, 0) is 19.8 Å². The highest BCUT2D eigenvalue weighted by atomic mass is 15.3. The van der Waals surface area contributed by atoms with E-state index in [1.54, 1.807) is 0 Å². The number of fused-ring (bicyclic) bond motifs is 6. The summed E-state index contributed by atoms with van der Waals surface area (Å²) in [5.41, 5.74) is 6.00. The van der Waals surface area contributed by atoms with Gasteiger partial charge >= 0.3 is 0 Å². The number of imidazole rings is 1. The van der Waals surface area contributed by atoms with E-state index in [1.807, 2.05) is 19.4 Å². The van der Waals surface area contributed by atoms with Gasteiger partial charge in [0.15, 0.2) is 5.65 Å². The van der Waals surface area contributed by atoms with Gasteiger partial charge in [0.2, 0.25) is 0 Å². The minimum absolute atomic E-state index is 0.458. The molecule has 0 amide bonds. The molecule has 1 saturated heterocycles. The highest BCUT2D eigenvalue weighted by Crippen LogP contribution is 2.44. The number of aromatic nitrogens is 5. The van der Waals surface area contributed by atoms with E-state index in [9.17, 15) is 0 Å². The summed E-state index contributed by atoms with van der Waals surface area (Å²) in [7, 11) is 2.07. The average Bonchev–Trinajstić information content (AvgIpc) is 3.18. The Morgan fingerprint density at radius 2 is 2.17 bits per heavy atom. The maximum absolute atomic E-state index is 4.66. The summed E-state index contributed by atoms with van der Waals surface area (Å²) in [5.74, 6) is 0. The van der Waals surface area contributed by atoms with Crippen molar-refractivity contribution < 1.29 is 0 Å². The molecule has 2 aliphatic rings. The second-order valence-electron chi connectivity index (χ2n) is 6.84. The Balaban J connectivity index is 1.57. The molecule has 0 radical (unpaired) electrons. The fourth-order valence-electron chi connectivity index (χ4n) is 4.27. The van der Waals surface area contributed by atoms with Gasteiger partial charge in [0.25, 0.3) is 0 Å². The van der Waals surface area contributed by atoms with E-state index in [-0.39, 0.29) is 0 Å². The third kappa shape index (κ3) is 1.88. The molecule has 5 rings (SSSR count). The quantitative estimate of drug-likeness (QED) is 0.727. The summed E-state index contributed by atoms with van der Waals surface area (Å²) in [6.07, 6.45) is 9.46. The number of nitrogens with zero attached hydrogens (tertiary/aromatic N) is 6. The lowest BCUT2D eigenvalue weighted by molar-refractivity contribution is 0.161. The molecule has 0 saturated carbocycles. The summed E-state index contributed by atoms with van der Waals surface area (Å²) in [6.45, 7) is 2.99. The molecule has 6 heteroatoms. The molecular weight excluding hydrogens is 288 g/mol. The van der Waals surface area contributed by atoms with E-state index in [4.69, 9.17) is 0 Å². The molecule has 3 aromatic heterocycles. The molecule has 0 unspecified atom stereocenters. The van der Waals surface area contributed by atoms with Gasteiger partial charge in [0.1, 0.15) is 0 Å². The zero-order valence-electron chi connectivity index (χ0n) is 13.5. The lowest BCUT2D eigenvalue weighted by Crippen LogP contribution is -2.38. The summed E-state index contributed by atoms with van der Waals surface area (Å²) in [5, 5.41) is 4.66. The zero-order valence-corrected chi connectivity index (χ0v) is 13.5. The molecule has 2 aliphatic heterocycles. The predicted octanol–water partition coefficient (Wildman–Crippen LogP) is 2.03. The molecule has 0 aliphatic carbocycles. The highest BCUT2D eigenvalue weighted by molar-refractivity contribution is 5.44. The van der Waals surface area contributed by atoms with Crippen LogP contribution in [0.2, 0.25) is 0 Å². The fraction of sp³-hybridized carbons (Fsp3) is 0.471. The van der Waals surface area contributed by atoms with Crippen molar-refractivity contribution >= 4 is 5.65 Å². The van der Waals surface area contributed by atoms with Gasteiger partial charge in [0, 0.05) is 56.1 Å². The second-order valence-corrected chi connectivity index (χ2v) is 6.84. The van der Waals surface area contributed by atoms with Gasteiger partial charge in [0.05, 0.1) is 23.4 Å². The van der Waals surface area contributed by atoms with E-state index < -0.39 is 0 Å². The van der Waals surface area contributed by atoms with Crippen molar-refractivity contribution in [2.24, 2.45) is 7.05 Å². The van der Waals surface area contributed by atoms with Crippen molar-refractivity contribution in [3.63, 3.8) is 0 Å². The normalized spacial score (nSPS) is 23.6. The molecule has 118 valence electrons. The average molecular weight is 308 g/mol. The van der Waals surface area contributed by atoms with Crippen molar-refractivity contribution in [3.8, 4) is 0 Å². The van der Waals surface area contributed by atoms with Gasteiger partial charge in [-0.2, -0.15) is 5.10 Å². The van der Waals surface area contributed by atoms with Crippen molar-refractivity contribution in [1.29, 1.82) is 0 Å². The molecule has 2 bridgehead atoms. The van der Waals surface area contributed by atoms with Gasteiger partial charge < -0.3 is 4.57 Å². The van der Waals surface area contributed by atoms with Crippen LogP contribution in [0, 0.1) is 6.92 Å². The number of aryl methyl sites for hydroxylation is 2. The summed E-state index contributed by atoms with van der Waals surface area (Å²) in [6, 6.07) is 3.11. The maximum atomic E-state index is 4.66. The largest absolute Gasteiger partial charge is 0.337 e. The van der Waals surface area contributed by atoms with Crippen LogP contribution in [0.3, 0.4) is 0 Å². The van der Waals surface area contributed by atoms with Gasteiger partial charge in [-0.25, -0.2) is 14.5 Å². The van der Waals surface area contributed by atoms with E-state index in [0.29, 0.717) is 12.1 Å². The lowest BCUT2D eigenvalue weighted by atomic mass is 9.99. The van der Waals surface area contributed by atoms with Crippen LogP contribution < -0.4 is 0 Å². The van der Waals surface area contributed by atoms with E-state index >= 15 is 0 Å². The molecule has 0 N–H and O–H groups in total. The first kappa shape index (κ1) is 13.2. The van der Waals surface area contributed by atoms with E-state index in [0.717, 1.165) is 24.3 Å². The molecule has 3 aromatic rings. The van der Waals surface area contributed by atoms with Gasteiger partial charge in [-0.1, -0.05) is 0 Å². The molecule has 1 fully saturated rings. The molecular formula is C17H20N6. The van der Waals surface area contributed by atoms with Crippen LogP contribution in [-0.2, 0) is 20.0 Å². The highest BCUT2D eigenvalue weighted by Gasteiger charge is 2.41. The standard InChI is InChI=1S/C17H20N6/c1-11-5-17-19-8-14-15-4-3-12(6-16(14)23(17)20-11)22(15)9-13-7-18-10-21(13)2/h5,7-8,10,12,15H,3-4,6,9H2,1-2H3/t12-,15-/m0/s1. The molecule has 23 heavy (non-hydrogen) atoms. The molecule has 5 heterocycles. The van der Waals surface area contributed by atoms with Crippen LogP contribution in [0.15, 0.2) is 24.8 Å². The maximum Gasteiger partial charge on any atom is 0.155 e. The summed E-state index contributed by atoms with van der Waals surface area (Å²) in [4.78, 5) is 11.5. The third-order valence-corrected chi connectivity index (χ3v) is 5.43. The first-order valence-corrected chi connectivity index (χ1v) is 8.26. The Labute approximate surface area is 134 Å². The Morgan fingerprint density at radius 1 is 1.26 bits per heavy atom. The minimum Gasteiger partial charge on any atom is -0.337 e. The fourth-order valence-corrected chi connectivity index (χ4v) is 4.27. The van der Waals surface area contributed by atoms with Crippen molar-refractivity contribution in [2.45, 2.75) is 44.8 Å². The molecule has 0 spiro atoms. The first-order valence-electron chi connectivity index (χ1n) is 8.26. The number of hydrogen-bond donors (Lipinski definition) is 0. The predicted molar refractivity (Wildman–Crippen MR) is 85.9 cm³/mol. The third-order valence-electron chi connectivity index (χ3n) is 5.43. The van der Waals surface area contributed by atoms with Gasteiger partial charge in [-0.3, -0.25) is 4.90 Å². The first-order chi connectivity index (χ1) is 11.2.